The Morgan fingerprint density at radius 3 is 2.42 bits per heavy atom. The fraction of sp³-hybridized carbons (Fsp3) is 0.444. The van der Waals surface area contributed by atoms with E-state index in [9.17, 15) is 21.6 Å². The molecule has 8 heteroatoms. The molecule has 0 fully saturated rings. The van der Waals surface area contributed by atoms with Gasteiger partial charge in [0.25, 0.3) is 0 Å². The molecule has 0 atom stereocenters. The van der Waals surface area contributed by atoms with Crippen LogP contribution in [0, 0.1) is 0 Å². The Labute approximate surface area is 151 Å². The van der Waals surface area contributed by atoms with Crippen molar-refractivity contribution in [1.82, 2.24) is 0 Å². The topological polar surface area (TPSA) is 52.6 Å². The molecule has 1 aliphatic carbocycles. The standard InChI is InChI=1S/C18H21F3O4S/c1-12-5-4-6-13(2)16(12)9-7-14-11-15(24-3)8-10-17(14)25-26(22,23)18(19,20)21/h5,8,10-11H,4,6-7,9H2,1-3H3. The van der Waals surface area contributed by atoms with Crippen LogP contribution in [0.3, 0.4) is 0 Å². The SMILES string of the molecule is COc1ccc(OS(=O)(=O)C(F)(F)F)c(CCC2=C(C)CCC=C2C)c1. The summed E-state index contributed by atoms with van der Waals surface area (Å²) in [6.45, 7) is 4.03. The summed E-state index contributed by atoms with van der Waals surface area (Å²) in [6.07, 6.45) is 4.94. The van der Waals surface area contributed by atoms with Gasteiger partial charge in [-0.15, -0.1) is 0 Å². The van der Waals surface area contributed by atoms with Gasteiger partial charge in [-0.3, -0.25) is 0 Å². The molecule has 0 unspecified atom stereocenters. The summed E-state index contributed by atoms with van der Waals surface area (Å²) in [5.74, 6) is 0.0807. The molecule has 0 saturated carbocycles. The number of hydrogen-bond donors (Lipinski definition) is 0. The zero-order chi connectivity index (χ0) is 19.5. The fourth-order valence-electron chi connectivity index (χ4n) is 2.91. The summed E-state index contributed by atoms with van der Waals surface area (Å²) in [5, 5.41) is 0. The Morgan fingerprint density at radius 2 is 1.85 bits per heavy atom. The first-order valence-corrected chi connectivity index (χ1v) is 9.49. The van der Waals surface area contributed by atoms with Crippen molar-refractivity contribution < 1.29 is 30.5 Å². The van der Waals surface area contributed by atoms with E-state index < -0.39 is 15.6 Å². The summed E-state index contributed by atoms with van der Waals surface area (Å²) < 4.78 is 70.0. The van der Waals surface area contributed by atoms with Crippen molar-refractivity contribution in [2.45, 2.75) is 45.0 Å². The minimum absolute atomic E-state index is 0.331. The molecule has 144 valence electrons. The molecule has 0 radical (unpaired) electrons. The van der Waals surface area contributed by atoms with E-state index in [1.807, 2.05) is 13.8 Å². The predicted octanol–water partition coefficient (Wildman–Crippen LogP) is 4.91. The van der Waals surface area contributed by atoms with E-state index in [1.54, 1.807) is 0 Å². The number of methoxy groups -OCH3 is 1. The molecule has 0 aliphatic heterocycles. The summed E-state index contributed by atoms with van der Waals surface area (Å²) in [5.41, 5.74) is -1.62. The molecule has 2 rings (SSSR count). The lowest BCUT2D eigenvalue weighted by Gasteiger charge is -2.19. The molecule has 0 heterocycles. The van der Waals surface area contributed by atoms with Crippen LogP contribution in [0.2, 0.25) is 0 Å². The first kappa shape index (κ1) is 20.4. The number of benzene rings is 1. The van der Waals surface area contributed by atoms with Crippen LogP contribution in [-0.4, -0.2) is 21.0 Å². The van der Waals surface area contributed by atoms with Gasteiger partial charge in [0.15, 0.2) is 0 Å². The van der Waals surface area contributed by atoms with Crippen molar-refractivity contribution in [3.8, 4) is 11.5 Å². The van der Waals surface area contributed by atoms with E-state index in [0.29, 0.717) is 24.2 Å². The van der Waals surface area contributed by atoms with Crippen LogP contribution in [0.4, 0.5) is 13.2 Å². The second-order valence-corrected chi connectivity index (χ2v) is 7.68. The minimum atomic E-state index is -5.72. The molecule has 4 nitrogen and oxygen atoms in total. The van der Waals surface area contributed by atoms with Gasteiger partial charge in [-0.2, -0.15) is 21.6 Å². The second kappa shape index (κ2) is 7.73. The average Bonchev–Trinajstić information content (AvgIpc) is 2.54. The third-order valence-corrected chi connectivity index (χ3v) is 5.32. The number of halogens is 3. The lowest BCUT2D eigenvalue weighted by atomic mass is 9.88. The zero-order valence-corrected chi connectivity index (χ0v) is 15.6. The third kappa shape index (κ3) is 4.60. The molecular weight excluding hydrogens is 369 g/mol. The van der Waals surface area contributed by atoms with Gasteiger partial charge in [0.1, 0.15) is 11.5 Å². The highest BCUT2D eigenvalue weighted by Crippen LogP contribution is 2.34. The van der Waals surface area contributed by atoms with Gasteiger partial charge >= 0.3 is 15.6 Å². The van der Waals surface area contributed by atoms with E-state index in [1.165, 1.54) is 30.9 Å². The maximum atomic E-state index is 12.6. The first-order valence-electron chi connectivity index (χ1n) is 8.08. The Balaban J connectivity index is 2.30. The summed E-state index contributed by atoms with van der Waals surface area (Å²) in [6, 6.07) is 4.04. The van der Waals surface area contributed by atoms with Crippen molar-refractivity contribution >= 4 is 10.1 Å². The summed E-state index contributed by atoms with van der Waals surface area (Å²) in [4.78, 5) is 0. The zero-order valence-electron chi connectivity index (χ0n) is 14.8. The Kier molecular flexibility index (Phi) is 6.05. The van der Waals surface area contributed by atoms with E-state index in [4.69, 9.17) is 4.74 Å². The van der Waals surface area contributed by atoms with Crippen molar-refractivity contribution in [3.05, 3.63) is 46.6 Å². The van der Waals surface area contributed by atoms with Crippen LogP contribution in [-0.2, 0) is 16.5 Å². The van der Waals surface area contributed by atoms with Gasteiger partial charge in [0, 0.05) is 0 Å². The van der Waals surface area contributed by atoms with E-state index in [-0.39, 0.29) is 5.75 Å². The highest BCUT2D eigenvalue weighted by atomic mass is 32.2. The highest BCUT2D eigenvalue weighted by Gasteiger charge is 2.48. The number of hydrogen-bond acceptors (Lipinski definition) is 4. The van der Waals surface area contributed by atoms with Gasteiger partial charge < -0.3 is 8.92 Å². The molecule has 0 saturated heterocycles. The molecular formula is C18H21F3O4S. The first-order chi connectivity index (χ1) is 12.0. The van der Waals surface area contributed by atoms with E-state index in [0.717, 1.165) is 24.0 Å². The van der Waals surface area contributed by atoms with Crippen LogP contribution in [0.25, 0.3) is 0 Å². The monoisotopic (exact) mass is 390 g/mol. The van der Waals surface area contributed by atoms with Gasteiger partial charge in [-0.05, 0) is 68.9 Å². The van der Waals surface area contributed by atoms with Crippen LogP contribution in [0.1, 0.15) is 38.7 Å². The molecule has 0 spiro atoms. The van der Waals surface area contributed by atoms with Gasteiger partial charge in [-0.1, -0.05) is 17.2 Å². The van der Waals surface area contributed by atoms with Crippen molar-refractivity contribution in [2.75, 3.05) is 7.11 Å². The molecule has 1 aliphatic rings. The van der Waals surface area contributed by atoms with Crippen molar-refractivity contribution in [2.24, 2.45) is 0 Å². The lowest BCUT2D eigenvalue weighted by molar-refractivity contribution is -0.0500. The normalized spacial score (nSPS) is 15.7. The van der Waals surface area contributed by atoms with Crippen LogP contribution in [0.15, 0.2) is 41.0 Å². The molecule has 0 amide bonds. The average molecular weight is 390 g/mol. The van der Waals surface area contributed by atoms with Gasteiger partial charge in [0.2, 0.25) is 0 Å². The number of aryl methyl sites for hydroxylation is 1. The lowest BCUT2D eigenvalue weighted by Crippen LogP contribution is -2.28. The molecule has 0 bridgehead atoms. The van der Waals surface area contributed by atoms with Crippen molar-refractivity contribution in [3.63, 3.8) is 0 Å². The number of allylic oxidation sites excluding steroid dienone is 4. The minimum Gasteiger partial charge on any atom is -0.497 e. The Hall–Kier alpha value is -1.96. The number of ether oxygens (including phenoxy) is 1. The largest absolute Gasteiger partial charge is 0.534 e. The maximum Gasteiger partial charge on any atom is 0.534 e. The molecule has 1 aromatic rings. The predicted molar refractivity (Wildman–Crippen MR) is 92.6 cm³/mol. The quantitative estimate of drug-likeness (QED) is 0.511. The summed E-state index contributed by atoms with van der Waals surface area (Å²) in [7, 11) is -4.30. The maximum absolute atomic E-state index is 12.6. The molecule has 0 aromatic heterocycles. The van der Waals surface area contributed by atoms with Crippen LogP contribution >= 0.6 is 0 Å². The molecule has 1 aromatic carbocycles. The van der Waals surface area contributed by atoms with Gasteiger partial charge in [-0.25, -0.2) is 0 Å². The van der Waals surface area contributed by atoms with Gasteiger partial charge in [0.05, 0.1) is 7.11 Å². The Bertz CT molecular complexity index is 836. The fourth-order valence-corrected chi connectivity index (χ4v) is 3.40. The summed E-state index contributed by atoms with van der Waals surface area (Å²) >= 11 is 0. The molecule has 0 N–H and O–H groups in total. The number of alkyl halides is 3. The number of rotatable bonds is 6. The molecule has 26 heavy (non-hydrogen) atoms. The smallest absolute Gasteiger partial charge is 0.497 e. The second-order valence-electron chi connectivity index (χ2n) is 6.14. The van der Waals surface area contributed by atoms with E-state index in [2.05, 4.69) is 10.3 Å². The van der Waals surface area contributed by atoms with Crippen LogP contribution in [0.5, 0.6) is 11.5 Å². The Morgan fingerprint density at radius 1 is 1.15 bits per heavy atom. The van der Waals surface area contributed by atoms with Crippen LogP contribution < -0.4 is 8.92 Å². The third-order valence-electron chi connectivity index (χ3n) is 4.36. The van der Waals surface area contributed by atoms with E-state index >= 15 is 0 Å². The highest BCUT2D eigenvalue weighted by molar-refractivity contribution is 7.88. The van der Waals surface area contributed by atoms with Crippen molar-refractivity contribution in [1.29, 1.82) is 0 Å².